The third kappa shape index (κ3) is 3.94. The summed E-state index contributed by atoms with van der Waals surface area (Å²) in [6.45, 7) is 4.96. The lowest BCUT2D eigenvalue weighted by Crippen LogP contribution is -2.43. The van der Waals surface area contributed by atoms with Gasteiger partial charge in [0.2, 0.25) is 5.91 Å². The molecule has 1 saturated heterocycles. The fourth-order valence-corrected chi connectivity index (χ4v) is 4.45. The van der Waals surface area contributed by atoms with E-state index in [9.17, 15) is 13.2 Å². The number of sulfonamides is 1. The molecule has 9 heteroatoms. The van der Waals surface area contributed by atoms with Crippen LogP contribution in [0, 0.1) is 12.8 Å². The van der Waals surface area contributed by atoms with Crippen LogP contribution in [0.4, 0.5) is 5.82 Å². The number of rotatable bonds is 5. The van der Waals surface area contributed by atoms with E-state index >= 15 is 0 Å². The molecule has 0 bridgehead atoms. The van der Waals surface area contributed by atoms with Gasteiger partial charge in [-0.05, 0) is 38.8 Å². The van der Waals surface area contributed by atoms with Crippen LogP contribution in [-0.4, -0.2) is 46.3 Å². The first-order valence-electron chi connectivity index (χ1n) is 8.66. The zero-order valence-electron chi connectivity index (χ0n) is 14.9. The summed E-state index contributed by atoms with van der Waals surface area (Å²) in [5.74, 6) is -0.132. The number of aromatic nitrogens is 3. The smallest absolute Gasteiger partial charge is 0.262 e. The topological polar surface area (TPSA) is 97.2 Å². The number of piperidine rings is 1. The molecule has 0 radical (unpaired) electrons. The maximum Gasteiger partial charge on any atom is 0.262 e. The number of carbonyl (C=O) groups excluding carboxylic acids is 1. The van der Waals surface area contributed by atoms with Gasteiger partial charge in [-0.1, -0.05) is 6.07 Å². The Hall–Kier alpha value is -2.26. The number of imidazole rings is 1. The SMILES string of the molecule is CCn1cnc(S(=O)(=O)N2CCCC(C(=O)Nc3cccc(C)n3)C2)c1. The lowest BCUT2D eigenvalue weighted by molar-refractivity contribution is -0.120. The van der Waals surface area contributed by atoms with Crippen molar-refractivity contribution in [3.63, 3.8) is 0 Å². The van der Waals surface area contributed by atoms with Crippen LogP contribution in [0.3, 0.4) is 0 Å². The lowest BCUT2D eigenvalue weighted by Gasteiger charge is -2.30. The Labute approximate surface area is 153 Å². The molecule has 140 valence electrons. The molecule has 1 aliphatic rings. The summed E-state index contributed by atoms with van der Waals surface area (Å²) in [5, 5.41) is 2.81. The average molecular weight is 377 g/mol. The first kappa shape index (κ1) is 18.5. The third-order valence-electron chi connectivity index (χ3n) is 4.47. The molecule has 1 fully saturated rings. The predicted octanol–water partition coefficient (Wildman–Crippen LogP) is 1.65. The second-order valence-corrected chi connectivity index (χ2v) is 8.28. The molecule has 0 aromatic carbocycles. The summed E-state index contributed by atoms with van der Waals surface area (Å²) < 4.78 is 28.7. The van der Waals surface area contributed by atoms with Gasteiger partial charge < -0.3 is 9.88 Å². The van der Waals surface area contributed by atoms with E-state index in [2.05, 4.69) is 15.3 Å². The summed E-state index contributed by atoms with van der Waals surface area (Å²) in [7, 11) is -3.69. The highest BCUT2D eigenvalue weighted by Crippen LogP contribution is 2.24. The van der Waals surface area contributed by atoms with E-state index in [4.69, 9.17) is 0 Å². The number of carbonyl (C=O) groups is 1. The van der Waals surface area contributed by atoms with Crippen LogP contribution >= 0.6 is 0 Å². The van der Waals surface area contributed by atoms with Gasteiger partial charge in [0.15, 0.2) is 5.03 Å². The number of aryl methyl sites for hydroxylation is 2. The zero-order chi connectivity index (χ0) is 18.7. The molecule has 3 heterocycles. The molecule has 2 aromatic heterocycles. The number of amides is 1. The number of hydrogen-bond donors (Lipinski definition) is 1. The summed E-state index contributed by atoms with van der Waals surface area (Å²) in [5.41, 5.74) is 0.808. The van der Waals surface area contributed by atoms with Crippen molar-refractivity contribution in [3.05, 3.63) is 36.4 Å². The molecule has 26 heavy (non-hydrogen) atoms. The fraction of sp³-hybridized carbons (Fsp3) is 0.471. The van der Waals surface area contributed by atoms with Crippen LogP contribution in [0.1, 0.15) is 25.5 Å². The number of nitrogens with zero attached hydrogens (tertiary/aromatic N) is 4. The van der Waals surface area contributed by atoms with Gasteiger partial charge in [0.1, 0.15) is 5.82 Å². The molecule has 1 N–H and O–H groups in total. The van der Waals surface area contributed by atoms with E-state index in [0.717, 1.165) is 5.69 Å². The molecule has 1 aliphatic heterocycles. The highest BCUT2D eigenvalue weighted by molar-refractivity contribution is 7.89. The van der Waals surface area contributed by atoms with Crippen LogP contribution < -0.4 is 5.32 Å². The molecule has 1 unspecified atom stereocenters. The van der Waals surface area contributed by atoms with Crippen molar-refractivity contribution in [2.75, 3.05) is 18.4 Å². The average Bonchev–Trinajstić information content (AvgIpc) is 3.12. The minimum absolute atomic E-state index is 0.0285. The van der Waals surface area contributed by atoms with Gasteiger partial charge in [0.25, 0.3) is 10.0 Å². The van der Waals surface area contributed by atoms with E-state index in [-0.39, 0.29) is 17.5 Å². The quantitative estimate of drug-likeness (QED) is 0.854. The van der Waals surface area contributed by atoms with Crippen LogP contribution in [0.5, 0.6) is 0 Å². The minimum Gasteiger partial charge on any atom is -0.336 e. The van der Waals surface area contributed by atoms with Crippen LogP contribution in [0.2, 0.25) is 0 Å². The predicted molar refractivity (Wildman–Crippen MR) is 97.0 cm³/mol. The first-order chi connectivity index (χ1) is 12.4. The normalized spacial score (nSPS) is 18.6. The van der Waals surface area contributed by atoms with E-state index in [0.29, 0.717) is 31.7 Å². The summed E-state index contributed by atoms with van der Waals surface area (Å²) >= 11 is 0. The maximum atomic E-state index is 12.8. The van der Waals surface area contributed by atoms with Crippen LogP contribution in [0.15, 0.2) is 35.7 Å². The molecule has 8 nitrogen and oxygen atoms in total. The zero-order valence-corrected chi connectivity index (χ0v) is 15.7. The lowest BCUT2D eigenvalue weighted by atomic mass is 9.99. The molecular formula is C17H23N5O3S. The van der Waals surface area contributed by atoms with Crippen molar-refractivity contribution in [2.24, 2.45) is 5.92 Å². The van der Waals surface area contributed by atoms with Gasteiger partial charge in [-0.15, -0.1) is 0 Å². The maximum absolute atomic E-state index is 12.8. The monoisotopic (exact) mass is 377 g/mol. The Balaban J connectivity index is 1.71. The van der Waals surface area contributed by atoms with Crippen molar-refractivity contribution in [2.45, 2.75) is 38.3 Å². The Morgan fingerprint density at radius 2 is 2.19 bits per heavy atom. The molecule has 1 amide bonds. The highest BCUT2D eigenvalue weighted by Gasteiger charge is 2.34. The summed E-state index contributed by atoms with van der Waals surface area (Å²) in [4.78, 5) is 20.8. The largest absolute Gasteiger partial charge is 0.336 e. The second kappa shape index (κ2) is 7.55. The summed E-state index contributed by atoms with van der Waals surface area (Å²) in [6, 6.07) is 5.39. The number of pyridine rings is 1. The Kier molecular flexibility index (Phi) is 5.38. The second-order valence-electron chi connectivity index (χ2n) is 6.40. The minimum atomic E-state index is -3.69. The van der Waals surface area contributed by atoms with Gasteiger partial charge in [-0.3, -0.25) is 4.79 Å². The van der Waals surface area contributed by atoms with Crippen molar-refractivity contribution in [3.8, 4) is 0 Å². The molecule has 1 atom stereocenters. The summed E-state index contributed by atoms with van der Waals surface area (Å²) in [6.07, 6.45) is 4.31. The molecule has 0 aliphatic carbocycles. The van der Waals surface area contributed by atoms with E-state index < -0.39 is 15.9 Å². The van der Waals surface area contributed by atoms with Gasteiger partial charge in [0.05, 0.1) is 12.2 Å². The van der Waals surface area contributed by atoms with E-state index in [1.807, 2.05) is 26.0 Å². The van der Waals surface area contributed by atoms with Crippen LogP contribution in [0.25, 0.3) is 0 Å². The Morgan fingerprint density at radius 1 is 1.38 bits per heavy atom. The van der Waals surface area contributed by atoms with Gasteiger partial charge >= 0.3 is 0 Å². The van der Waals surface area contributed by atoms with Crippen molar-refractivity contribution < 1.29 is 13.2 Å². The Morgan fingerprint density at radius 3 is 2.88 bits per heavy atom. The standard InChI is InChI=1S/C17H23N5O3S/c1-3-21-11-16(18-12-21)26(24,25)22-9-5-7-14(10-22)17(23)20-15-8-4-6-13(2)19-15/h4,6,8,11-12,14H,3,5,7,9-10H2,1-2H3,(H,19,20,23). The highest BCUT2D eigenvalue weighted by atomic mass is 32.2. The number of hydrogen-bond acceptors (Lipinski definition) is 5. The van der Waals surface area contributed by atoms with E-state index in [1.165, 1.54) is 16.8 Å². The number of anilines is 1. The van der Waals surface area contributed by atoms with E-state index in [1.54, 1.807) is 10.6 Å². The molecule has 0 saturated carbocycles. The van der Waals surface area contributed by atoms with Gasteiger partial charge in [-0.2, -0.15) is 4.31 Å². The first-order valence-corrected chi connectivity index (χ1v) is 10.1. The molecular weight excluding hydrogens is 354 g/mol. The Bertz CT molecular complexity index is 893. The molecule has 0 spiro atoms. The van der Waals surface area contributed by atoms with Gasteiger partial charge in [0, 0.05) is 31.5 Å². The van der Waals surface area contributed by atoms with Gasteiger partial charge in [-0.25, -0.2) is 18.4 Å². The fourth-order valence-electron chi connectivity index (χ4n) is 2.99. The number of nitrogens with one attached hydrogen (secondary N) is 1. The van der Waals surface area contributed by atoms with Crippen molar-refractivity contribution in [1.29, 1.82) is 0 Å². The van der Waals surface area contributed by atoms with Crippen molar-refractivity contribution in [1.82, 2.24) is 18.8 Å². The van der Waals surface area contributed by atoms with Crippen LogP contribution in [-0.2, 0) is 21.4 Å². The van der Waals surface area contributed by atoms with Crippen molar-refractivity contribution >= 4 is 21.7 Å². The molecule has 2 aromatic rings. The third-order valence-corrected chi connectivity index (χ3v) is 6.22. The molecule has 3 rings (SSSR count).